The van der Waals surface area contributed by atoms with Crippen LogP contribution < -0.4 is 5.32 Å². The van der Waals surface area contributed by atoms with Crippen LogP contribution in [-0.4, -0.2) is 24.5 Å². The number of hydrogen-bond donors (Lipinski definition) is 1. The molecule has 4 heteroatoms. The van der Waals surface area contributed by atoms with E-state index in [1.807, 2.05) is 30.3 Å². The zero-order chi connectivity index (χ0) is 12.5. The van der Waals surface area contributed by atoms with Crippen molar-refractivity contribution < 1.29 is 14.4 Å². The number of nitrogens with one attached hydrogen (secondary N) is 1. The van der Waals surface area contributed by atoms with Crippen molar-refractivity contribution in [1.82, 2.24) is 5.32 Å². The zero-order valence-electron chi connectivity index (χ0n) is 9.46. The Morgan fingerprint density at radius 1 is 1.24 bits per heavy atom. The van der Waals surface area contributed by atoms with Crippen molar-refractivity contribution in [2.24, 2.45) is 0 Å². The van der Waals surface area contributed by atoms with E-state index >= 15 is 0 Å². The molecule has 0 aliphatic carbocycles. The summed E-state index contributed by atoms with van der Waals surface area (Å²) >= 11 is 0. The van der Waals surface area contributed by atoms with Crippen LogP contribution in [0.1, 0.15) is 18.4 Å². The topological polar surface area (TPSA) is 63.2 Å². The van der Waals surface area contributed by atoms with E-state index in [2.05, 4.69) is 5.32 Å². The van der Waals surface area contributed by atoms with Crippen molar-refractivity contribution in [2.75, 3.05) is 0 Å². The number of amides is 1. The maximum absolute atomic E-state index is 11.6. The smallest absolute Gasteiger partial charge is 0.224 e. The third kappa shape index (κ3) is 5.06. The molecule has 0 spiro atoms. The average Bonchev–Trinajstić information content (AvgIpc) is 2.35. The van der Waals surface area contributed by atoms with Crippen molar-refractivity contribution in [3.63, 3.8) is 0 Å². The molecule has 0 radical (unpaired) electrons. The molecule has 4 nitrogen and oxygen atoms in total. The summed E-state index contributed by atoms with van der Waals surface area (Å²) in [6.45, 7) is 0. The van der Waals surface area contributed by atoms with Crippen molar-refractivity contribution in [3.05, 3.63) is 35.9 Å². The fourth-order valence-corrected chi connectivity index (χ4v) is 1.46. The molecule has 1 rings (SSSR count). The van der Waals surface area contributed by atoms with Crippen LogP contribution in [0.3, 0.4) is 0 Å². The van der Waals surface area contributed by atoms with E-state index in [0.29, 0.717) is 12.7 Å². The summed E-state index contributed by atoms with van der Waals surface area (Å²) in [6.07, 6.45) is 2.26. The van der Waals surface area contributed by atoms with Crippen LogP contribution in [0.2, 0.25) is 0 Å². The molecule has 90 valence electrons. The van der Waals surface area contributed by atoms with Gasteiger partial charge in [0.15, 0.2) is 0 Å². The Kier molecular flexibility index (Phi) is 5.64. The van der Waals surface area contributed by atoms with E-state index in [1.54, 1.807) is 0 Å². The Morgan fingerprint density at radius 2 is 1.94 bits per heavy atom. The minimum Gasteiger partial charge on any atom is -0.346 e. The number of rotatable bonds is 7. The first-order valence-corrected chi connectivity index (χ1v) is 5.48. The van der Waals surface area contributed by atoms with Crippen LogP contribution in [0.5, 0.6) is 0 Å². The molecule has 1 aromatic rings. The van der Waals surface area contributed by atoms with Gasteiger partial charge in [0.2, 0.25) is 5.91 Å². The van der Waals surface area contributed by atoms with Gasteiger partial charge in [0.05, 0.1) is 12.5 Å². The minimum atomic E-state index is -0.573. The molecule has 0 aliphatic rings. The molecular formula is C13H15NO3. The normalized spacial score (nSPS) is 11.5. The molecule has 1 atom stereocenters. The Morgan fingerprint density at radius 3 is 2.53 bits per heavy atom. The maximum Gasteiger partial charge on any atom is 0.224 e. The highest BCUT2D eigenvalue weighted by Crippen LogP contribution is 2.00. The van der Waals surface area contributed by atoms with Gasteiger partial charge >= 0.3 is 0 Å². The predicted molar refractivity (Wildman–Crippen MR) is 63.4 cm³/mol. The molecule has 1 amide bonds. The van der Waals surface area contributed by atoms with Gasteiger partial charge < -0.3 is 14.9 Å². The first kappa shape index (κ1) is 13.1. The maximum atomic E-state index is 11.6. The van der Waals surface area contributed by atoms with E-state index in [-0.39, 0.29) is 18.7 Å². The van der Waals surface area contributed by atoms with Crippen LogP contribution in [-0.2, 0) is 20.8 Å². The molecule has 0 saturated heterocycles. The van der Waals surface area contributed by atoms with Gasteiger partial charge in [-0.1, -0.05) is 30.3 Å². The molecule has 0 aromatic heterocycles. The second-order valence-corrected chi connectivity index (χ2v) is 3.72. The quantitative estimate of drug-likeness (QED) is 0.711. The number of carbonyl (C=O) groups excluding carboxylic acids is 3. The summed E-state index contributed by atoms with van der Waals surface area (Å²) in [6, 6.07) is 8.70. The largest absolute Gasteiger partial charge is 0.346 e. The van der Waals surface area contributed by atoms with E-state index in [1.165, 1.54) is 0 Å². The van der Waals surface area contributed by atoms with Gasteiger partial charge in [-0.15, -0.1) is 0 Å². The standard InChI is InChI=1S/C13H15NO3/c15-8-4-7-12(10-16)14-13(17)9-11-5-2-1-3-6-11/h1-3,5-6,8,10,12H,4,7,9H2,(H,14,17)/t12-/m1/s1. The summed E-state index contributed by atoms with van der Waals surface area (Å²) < 4.78 is 0. The summed E-state index contributed by atoms with van der Waals surface area (Å²) in [5.41, 5.74) is 0.894. The lowest BCUT2D eigenvalue weighted by atomic mass is 10.1. The van der Waals surface area contributed by atoms with Gasteiger partial charge in [0.25, 0.3) is 0 Å². The fourth-order valence-electron chi connectivity index (χ4n) is 1.46. The summed E-state index contributed by atoms with van der Waals surface area (Å²) in [7, 11) is 0. The van der Waals surface area contributed by atoms with Gasteiger partial charge in [-0.3, -0.25) is 4.79 Å². The summed E-state index contributed by atoms with van der Waals surface area (Å²) in [5, 5.41) is 2.58. The van der Waals surface area contributed by atoms with Crippen LogP contribution in [0, 0.1) is 0 Å². The van der Waals surface area contributed by atoms with Crippen LogP contribution in [0.25, 0.3) is 0 Å². The average molecular weight is 233 g/mol. The van der Waals surface area contributed by atoms with Gasteiger partial charge in [-0.2, -0.15) is 0 Å². The SMILES string of the molecule is O=CCC[C@H](C=O)NC(=O)Cc1ccccc1. The first-order chi connectivity index (χ1) is 8.26. The summed E-state index contributed by atoms with van der Waals surface area (Å²) in [4.78, 5) is 32.4. The number of hydrogen-bond acceptors (Lipinski definition) is 3. The Balaban J connectivity index is 2.42. The first-order valence-electron chi connectivity index (χ1n) is 5.48. The third-order valence-corrected chi connectivity index (χ3v) is 2.31. The van der Waals surface area contributed by atoms with Crippen molar-refractivity contribution in [3.8, 4) is 0 Å². The molecule has 0 aliphatic heterocycles. The lowest BCUT2D eigenvalue weighted by molar-refractivity contribution is -0.123. The van der Waals surface area contributed by atoms with Gasteiger partial charge in [0.1, 0.15) is 12.6 Å². The number of benzene rings is 1. The molecule has 0 saturated carbocycles. The van der Waals surface area contributed by atoms with Gasteiger partial charge in [-0.05, 0) is 12.0 Å². The van der Waals surface area contributed by atoms with E-state index < -0.39 is 6.04 Å². The van der Waals surface area contributed by atoms with Crippen molar-refractivity contribution >= 4 is 18.5 Å². The Bertz CT molecular complexity index is 376. The highest BCUT2D eigenvalue weighted by molar-refractivity contribution is 5.81. The Hall–Kier alpha value is -1.97. The molecule has 17 heavy (non-hydrogen) atoms. The molecule has 0 heterocycles. The second-order valence-electron chi connectivity index (χ2n) is 3.72. The second kappa shape index (κ2) is 7.33. The molecular weight excluding hydrogens is 218 g/mol. The van der Waals surface area contributed by atoms with Crippen LogP contribution in [0.15, 0.2) is 30.3 Å². The molecule has 0 fully saturated rings. The highest BCUT2D eigenvalue weighted by Gasteiger charge is 2.10. The fraction of sp³-hybridized carbons (Fsp3) is 0.308. The molecule has 0 unspecified atom stereocenters. The summed E-state index contributed by atoms with van der Waals surface area (Å²) in [5.74, 6) is -0.209. The van der Waals surface area contributed by atoms with Crippen LogP contribution in [0.4, 0.5) is 0 Å². The van der Waals surface area contributed by atoms with Gasteiger partial charge in [0, 0.05) is 6.42 Å². The number of carbonyl (C=O) groups is 3. The van der Waals surface area contributed by atoms with Gasteiger partial charge in [-0.25, -0.2) is 0 Å². The van der Waals surface area contributed by atoms with E-state index in [9.17, 15) is 14.4 Å². The monoisotopic (exact) mass is 233 g/mol. The zero-order valence-corrected chi connectivity index (χ0v) is 9.46. The highest BCUT2D eigenvalue weighted by atomic mass is 16.2. The molecule has 1 aromatic carbocycles. The third-order valence-electron chi connectivity index (χ3n) is 2.31. The van der Waals surface area contributed by atoms with Crippen LogP contribution >= 0.6 is 0 Å². The molecule has 0 bridgehead atoms. The molecule has 1 N–H and O–H groups in total. The number of aldehydes is 2. The van der Waals surface area contributed by atoms with Crippen molar-refractivity contribution in [2.45, 2.75) is 25.3 Å². The Labute approximate surface area is 100 Å². The van der Waals surface area contributed by atoms with E-state index in [4.69, 9.17) is 0 Å². The predicted octanol–water partition coefficient (Wildman–Crippen LogP) is 0.892. The lowest BCUT2D eigenvalue weighted by Crippen LogP contribution is -2.37. The lowest BCUT2D eigenvalue weighted by Gasteiger charge is -2.11. The van der Waals surface area contributed by atoms with Crippen molar-refractivity contribution in [1.29, 1.82) is 0 Å². The van der Waals surface area contributed by atoms with E-state index in [0.717, 1.165) is 11.8 Å². The minimum absolute atomic E-state index is 0.209.